The average molecular weight is 1150 g/mol. The van der Waals surface area contributed by atoms with E-state index >= 15 is 0 Å². The van der Waals surface area contributed by atoms with Crippen molar-refractivity contribution in [2.75, 3.05) is 49.2 Å². The number of carbonyl (C=O) groups is 4. The monoisotopic (exact) mass is 1150 g/mol. The van der Waals surface area contributed by atoms with Crippen LogP contribution in [0, 0.1) is 5.82 Å². The van der Waals surface area contributed by atoms with Crippen LogP contribution in [0.3, 0.4) is 0 Å². The van der Waals surface area contributed by atoms with Crippen molar-refractivity contribution in [3.8, 4) is 5.69 Å². The van der Waals surface area contributed by atoms with Gasteiger partial charge in [-0.05, 0) is 123 Å². The van der Waals surface area contributed by atoms with Crippen molar-refractivity contribution in [2.24, 2.45) is 0 Å². The summed E-state index contributed by atoms with van der Waals surface area (Å²) in [5.74, 6) is -0.830. The Morgan fingerprint density at radius 2 is 1.17 bits per heavy atom. The van der Waals surface area contributed by atoms with Gasteiger partial charge in [-0.15, -0.1) is 10.2 Å². The average Bonchev–Trinajstić information content (AvgIpc) is 4.22. The highest BCUT2D eigenvalue weighted by atomic mass is 35.5. The molecule has 430 valence electrons. The number of anilines is 2. The maximum absolute atomic E-state index is 14.4. The van der Waals surface area contributed by atoms with Crippen LogP contribution in [0.5, 0.6) is 0 Å². The Morgan fingerprint density at radius 1 is 0.679 bits per heavy atom. The molecular weight excluding hydrogens is 1090 g/mol. The van der Waals surface area contributed by atoms with Crippen LogP contribution in [0.15, 0.2) is 94.8 Å². The molecule has 2 aliphatic rings. The number of halogens is 3. The highest BCUT2D eigenvalue weighted by molar-refractivity contribution is 6.31. The lowest BCUT2D eigenvalue weighted by molar-refractivity contribution is 0.0488. The van der Waals surface area contributed by atoms with Crippen molar-refractivity contribution < 1.29 is 42.5 Å². The van der Waals surface area contributed by atoms with E-state index in [1.54, 1.807) is 52.8 Å². The number of hydrogen-bond acceptors (Lipinski definition) is 14. The number of rotatable bonds is 13. The van der Waals surface area contributed by atoms with Gasteiger partial charge in [0.1, 0.15) is 33.7 Å². The van der Waals surface area contributed by atoms with Crippen molar-refractivity contribution in [3.05, 3.63) is 155 Å². The van der Waals surface area contributed by atoms with Gasteiger partial charge in [0.05, 0.1) is 31.3 Å². The molecule has 3 N–H and O–H groups in total. The van der Waals surface area contributed by atoms with Gasteiger partial charge in [0, 0.05) is 72.3 Å². The zero-order valence-electron chi connectivity index (χ0n) is 46.6. The van der Waals surface area contributed by atoms with Gasteiger partial charge >= 0.3 is 24.1 Å². The molecule has 2 fully saturated rings. The summed E-state index contributed by atoms with van der Waals surface area (Å²) in [6.07, 6.45) is 5.63. The summed E-state index contributed by atoms with van der Waals surface area (Å²) in [6.45, 7) is 16.7. The number of carbonyl (C=O) groups excluding carboxylic acids is 4. The first kappa shape index (κ1) is 59.2. The third-order valence-electron chi connectivity index (χ3n) is 13.2. The van der Waals surface area contributed by atoms with E-state index in [2.05, 4.69) is 15.6 Å². The van der Waals surface area contributed by atoms with E-state index in [0.29, 0.717) is 70.9 Å². The molecule has 20 nitrogen and oxygen atoms in total. The molecule has 3 aromatic carbocycles. The van der Waals surface area contributed by atoms with Gasteiger partial charge in [0.15, 0.2) is 17.3 Å². The molecule has 0 bridgehead atoms. The predicted octanol–water partition coefficient (Wildman–Crippen LogP) is 9.48. The van der Waals surface area contributed by atoms with Crippen LogP contribution in [0.4, 0.5) is 25.6 Å². The maximum Gasteiger partial charge on any atom is 0.407 e. The van der Waals surface area contributed by atoms with E-state index in [-0.39, 0.29) is 54.3 Å². The molecular formula is C58H67Cl2FN10O10. The Balaban J connectivity index is 0.000000216. The Labute approximate surface area is 477 Å². The summed E-state index contributed by atoms with van der Waals surface area (Å²) in [7, 11) is 0. The van der Waals surface area contributed by atoms with Crippen LogP contribution in [0.2, 0.25) is 10.0 Å². The van der Waals surface area contributed by atoms with Crippen molar-refractivity contribution in [2.45, 2.75) is 117 Å². The fourth-order valence-corrected chi connectivity index (χ4v) is 10.3. The quantitative estimate of drug-likeness (QED) is 0.0723. The van der Waals surface area contributed by atoms with Crippen molar-refractivity contribution in [3.63, 3.8) is 0 Å². The van der Waals surface area contributed by atoms with E-state index in [4.69, 9.17) is 52.3 Å². The molecule has 2 aliphatic heterocycles. The molecule has 0 spiro atoms. The number of hydrogen-bond donors (Lipinski definition) is 3. The molecule has 4 aromatic heterocycles. The zero-order valence-corrected chi connectivity index (χ0v) is 48.1. The molecule has 0 aliphatic carbocycles. The molecule has 23 heteroatoms. The number of ether oxygens (including phenoxy) is 4. The second-order valence-electron chi connectivity index (χ2n) is 21.7. The van der Waals surface area contributed by atoms with Crippen molar-refractivity contribution >= 4 is 70.0 Å². The van der Waals surface area contributed by atoms with Gasteiger partial charge in [-0.1, -0.05) is 65.7 Å². The van der Waals surface area contributed by atoms with E-state index < -0.39 is 52.3 Å². The van der Waals surface area contributed by atoms with Crippen molar-refractivity contribution in [1.82, 2.24) is 39.4 Å². The standard InChI is InChI=1S/C32H35ClFN5O5.C26H32ClN5O5/c1-5-43-30(41)26-19-38-27(29(40)39(26)23-13-8-11-21(34)17-23)24(16-20-10-6-7-14-25(20)33)28(36-38)37-15-9-12-22(18-37)35-31(42)44-32(2,3)4;1-5-36-24(34)20-15-32-21(23(33)29-20)18(13-16-9-6-7-11-19(16)27)22(30-32)31-12-8-10-17(14-31)28-25(35)37-26(2,3)4/h6-8,10-11,13-14,17,19,22H,5,9,12,15-16,18H2,1-4H3,(H,35,42);6-7,9,11,15,17H,5,8,10,12-14H2,1-4H3,(H,28,35)(H,29,33)/t22-;17-/m11/s1. The highest BCUT2D eigenvalue weighted by Gasteiger charge is 2.32. The lowest BCUT2D eigenvalue weighted by Crippen LogP contribution is -2.49. The number of benzene rings is 3. The molecule has 2 atom stereocenters. The van der Waals surface area contributed by atoms with Gasteiger partial charge in [0.2, 0.25) is 0 Å². The summed E-state index contributed by atoms with van der Waals surface area (Å²) in [5, 5.41) is 16.5. The summed E-state index contributed by atoms with van der Waals surface area (Å²) in [5.41, 5.74) is 1.25. The van der Waals surface area contributed by atoms with Crippen LogP contribution in [-0.2, 0) is 31.8 Å². The number of nitrogens with one attached hydrogen (secondary N) is 3. The second-order valence-corrected chi connectivity index (χ2v) is 22.5. The molecule has 9 rings (SSSR count). The Bertz CT molecular complexity index is 3580. The number of piperidine rings is 2. The van der Waals surface area contributed by atoms with Gasteiger partial charge in [0.25, 0.3) is 11.1 Å². The smallest absolute Gasteiger partial charge is 0.407 e. The van der Waals surface area contributed by atoms with Crippen LogP contribution in [-0.4, -0.2) is 116 Å². The minimum atomic E-state index is -0.750. The maximum atomic E-state index is 14.4. The molecule has 0 radical (unpaired) electrons. The Hall–Kier alpha value is -7.91. The number of aromatic amines is 1. The molecule has 0 saturated carbocycles. The van der Waals surface area contributed by atoms with E-state index in [1.807, 2.05) is 67.0 Å². The lowest BCUT2D eigenvalue weighted by Gasteiger charge is -2.34. The van der Waals surface area contributed by atoms with Crippen molar-refractivity contribution in [1.29, 1.82) is 0 Å². The van der Waals surface area contributed by atoms with E-state index in [0.717, 1.165) is 41.4 Å². The molecule has 2 saturated heterocycles. The number of alkyl carbamates (subject to hydrolysis) is 2. The fraction of sp³-hybridized carbons (Fsp3) is 0.414. The molecule has 2 amide bonds. The topological polar surface area (TPSA) is 225 Å². The summed E-state index contributed by atoms with van der Waals surface area (Å²) in [6, 6.07) is 19.8. The number of nitrogens with zero attached hydrogens (tertiary/aromatic N) is 7. The first-order valence-electron chi connectivity index (χ1n) is 26.9. The summed E-state index contributed by atoms with van der Waals surface area (Å²) in [4.78, 5) is 84.6. The highest BCUT2D eigenvalue weighted by Crippen LogP contribution is 2.33. The summed E-state index contributed by atoms with van der Waals surface area (Å²) >= 11 is 13.0. The molecule has 6 heterocycles. The Kier molecular flexibility index (Phi) is 18.5. The van der Waals surface area contributed by atoms with Crippen LogP contribution in [0.25, 0.3) is 16.7 Å². The number of H-pyrrole nitrogens is 1. The molecule has 7 aromatic rings. The molecule has 0 unspecified atom stereocenters. The molecule has 81 heavy (non-hydrogen) atoms. The van der Waals surface area contributed by atoms with E-state index in [9.17, 15) is 33.2 Å². The van der Waals surface area contributed by atoms with Gasteiger partial charge in [-0.2, -0.15) is 0 Å². The van der Waals surface area contributed by atoms with Gasteiger partial charge < -0.3 is 44.4 Å². The SMILES string of the molecule is CCOC(=O)c1cn2nc(N3CCC[C@@H](NC(=O)OC(C)(C)C)C3)c(Cc3ccccc3Cl)c2c(=O)[nH]1.CCOC(=O)c1cn2nc(N3CCC[C@@H](NC(=O)OC(C)(C)C)C3)c(Cc3ccccc3Cl)c2c(=O)n1-c1cccc(F)c1. The minimum absolute atomic E-state index is 0.0146. The third kappa shape index (κ3) is 14.5. The predicted molar refractivity (Wildman–Crippen MR) is 306 cm³/mol. The minimum Gasteiger partial charge on any atom is -0.461 e. The first-order valence-corrected chi connectivity index (χ1v) is 27.6. The van der Waals surface area contributed by atoms with Crippen LogP contribution < -0.4 is 31.6 Å². The fourth-order valence-electron chi connectivity index (χ4n) is 9.85. The lowest BCUT2D eigenvalue weighted by atomic mass is 10.0. The number of aromatic nitrogens is 6. The second kappa shape index (κ2) is 25.3. The largest absolute Gasteiger partial charge is 0.461 e. The number of esters is 2. The van der Waals surface area contributed by atoms with Gasteiger partial charge in [-0.25, -0.2) is 32.6 Å². The zero-order chi connectivity index (χ0) is 58.3. The number of amides is 2. The normalized spacial score (nSPS) is 15.6. The van der Waals surface area contributed by atoms with Crippen LogP contribution in [0.1, 0.15) is 124 Å². The van der Waals surface area contributed by atoms with E-state index in [1.165, 1.54) is 39.6 Å². The van der Waals surface area contributed by atoms with Gasteiger partial charge in [-0.3, -0.25) is 14.2 Å². The van der Waals surface area contributed by atoms with Crippen LogP contribution >= 0.6 is 23.2 Å². The Morgan fingerprint density at radius 3 is 1.67 bits per heavy atom. The number of fused-ring (bicyclic) bond motifs is 2. The third-order valence-corrected chi connectivity index (χ3v) is 13.9. The first-order chi connectivity index (χ1) is 38.5. The summed E-state index contributed by atoms with van der Waals surface area (Å²) < 4.78 is 39.5.